The summed E-state index contributed by atoms with van der Waals surface area (Å²) in [5.74, 6) is -2.83. The summed E-state index contributed by atoms with van der Waals surface area (Å²) in [6, 6.07) is 3.33. The number of nitrogens with zero attached hydrogens (tertiary/aromatic N) is 2. The second kappa shape index (κ2) is 7.63. The van der Waals surface area contributed by atoms with Crippen molar-refractivity contribution in [2.45, 2.75) is 39.2 Å². The Morgan fingerprint density at radius 3 is 2.62 bits per heavy atom. The van der Waals surface area contributed by atoms with Gasteiger partial charge in [0, 0.05) is 13.1 Å². The fraction of sp³-hybridized carbons (Fsp3) is 0.389. The lowest BCUT2D eigenvalue weighted by molar-refractivity contribution is 0.0947. The number of benzene rings is 1. The second-order valence-electron chi connectivity index (χ2n) is 6.15. The van der Waals surface area contributed by atoms with E-state index in [0.29, 0.717) is 25.2 Å². The van der Waals surface area contributed by atoms with E-state index in [-0.39, 0.29) is 17.4 Å². The number of hydrogen-bond donors (Lipinski definition) is 2. The molecule has 2 heterocycles. The molecule has 0 radical (unpaired) electrons. The molecule has 8 heteroatoms. The van der Waals surface area contributed by atoms with Crippen LogP contribution in [0.2, 0.25) is 0 Å². The Balaban J connectivity index is 1.93. The molecule has 2 aromatic rings. The van der Waals surface area contributed by atoms with Crippen molar-refractivity contribution >= 4 is 17.5 Å². The van der Waals surface area contributed by atoms with E-state index < -0.39 is 23.2 Å². The maximum atomic E-state index is 13.8. The third kappa shape index (κ3) is 3.44. The van der Waals surface area contributed by atoms with Gasteiger partial charge in [-0.25, -0.2) is 13.8 Å². The van der Waals surface area contributed by atoms with E-state index in [9.17, 15) is 18.4 Å². The molecule has 0 bridgehead atoms. The van der Waals surface area contributed by atoms with Gasteiger partial charge in [-0.2, -0.15) is 0 Å². The molecular formula is C18H20F2N4O2. The van der Waals surface area contributed by atoms with Crippen molar-refractivity contribution in [1.82, 2.24) is 14.9 Å². The highest BCUT2D eigenvalue weighted by Gasteiger charge is 2.28. The van der Waals surface area contributed by atoms with Gasteiger partial charge in [0.2, 0.25) is 0 Å². The monoisotopic (exact) mass is 362 g/mol. The van der Waals surface area contributed by atoms with Crippen molar-refractivity contribution in [3.8, 4) is 0 Å². The van der Waals surface area contributed by atoms with Gasteiger partial charge in [-0.15, -0.1) is 0 Å². The number of imidazole rings is 1. The number of anilines is 1. The number of fused-ring (bicyclic) bond motifs is 1. The molecule has 1 aliphatic heterocycles. The Bertz CT molecular complexity index is 828. The van der Waals surface area contributed by atoms with Crippen molar-refractivity contribution in [2.75, 3.05) is 11.9 Å². The number of rotatable bonds is 5. The predicted octanol–water partition coefficient (Wildman–Crippen LogP) is 2.89. The Labute approximate surface area is 149 Å². The average Bonchev–Trinajstić information content (AvgIpc) is 3.02. The number of carbonyl (C=O) groups excluding carboxylic acids is 2. The van der Waals surface area contributed by atoms with Gasteiger partial charge in [-0.1, -0.05) is 13.0 Å². The summed E-state index contributed by atoms with van der Waals surface area (Å²) < 4.78 is 29.2. The molecule has 0 saturated carbocycles. The molecule has 2 N–H and O–H groups in total. The summed E-state index contributed by atoms with van der Waals surface area (Å²) in [5.41, 5.74) is 0.365. The smallest absolute Gasteiger partial charge is 0.291 e. The molecular weight excluding hydrogens is 342 g/mol. The van der Waals surface area contributed by atoms with Gasteiger partial charge >= 0.3 is 0 Å². The highest BCUT2D eigenvalue weighted by molar-refractivity contribution is 6.03. The van der Waals surface area contributed by atoms with Gasteiger partial charge in [-0.05, 0) is 37.8 Å². The Morgan fingerprint density at radius 1 is 1.19 bits per heavy atom. The molecule has 138 valence electrons. The fourth-order valence-corrected chi connectivity index (χ4v) is 3.01. The van der Waals surface area contributed by atoms with Crippen LogP contribution in [0.25, 0.3) is 0 Å². The van der Waals surface area contributed by atoms with Crippen molar-refractivity contribution in [3.63, 3.8) is 0 Å². The van der Waals surface area contributed by atoms with Crippen molar-refractivity contribution in [1.29, 1.82) is 0 Å². The second-order valence-corrected chi connectivity index (χ2v) is 6.15. The number of aromatic nitrogens is 2. The van der Waals surface area contributed by atoms with Crippen LogP contribution in [0.4, 0.5) is 14.5 Å². The first-order chi connectivity index (χ1) is 12.5. The molecule has 6 nitrogen and oxygen atoms in total. The van der Waals surface area contributed by atoms with E-state index in [4.69, 9.17) is 0 Å². The molecule has 1 aromatic carbocycles. The van der Waals surface area contributed by atoms with Gasteiger partial charge in [0.25, 0.3) is 11.8 Å². The van der Waals surface area contributed by atoms with Gasteiger partial charge in [0.15, 0.2) is 5.82 Å². The third-order valence-electron chi connectivity index (χ3n) is 4.27. The van der Waals surface area contributed by atoms with E-state index in [1.54, 1.807) is 4.57 Å². The predicted molar refractivity (Wildman–Crippen MR) is 92.1 cm³/mol. The van der Waals surface area contributed by atoms with Crippen molar-refractivity contribution in [3.05, 3.63) is 47.0 Å². The quantitative estimate of drug-likeness (QED) is 0.859. The average molecular weight is 362 g/mol. The third-order valence-corrected chi connectivity index (χ3v) is 4.27. The van der Waals surface area contributed by atoms with Crippen LogP contribution in [0.5, 0.6) is 0 Å². The standard InChI is InChI=1S/C18H20F2N4O2/c1-2-9-21-17(25)15-13-8-3-4-10-24(13)16(22-15)18(26)23-14-11(19)6-5-7-12(14)20/h5-7H,2-4,8-10H2,1H3,(H,21,25)(H,23,26). The van der Waals surface area contributed by atoms with E-state index in [0.717, 1.165) is 31.4 Å². The lowest BCUT2D eigenvalue weighted by atomic mass is 10.1. The largest absolute Gasteiger partial charge is 0.351 e. The normalized spacial score (nSPS) is 13.2. The zero-order valence-electron chi connectivity index (χ0n) is 14.4. The minimum atomic E-state index is -0.871. The van der Waals surface area contributed by atoms with Crippen LogP contribution in [0, 0.1) is 11.6 Å². The zero-order valence-corrected chi connectivity index (χ0v) is 14.4. The Hall–Kier alpha value is -2.77. The SMILES string of the molecule is CCCNC(=O)c1nc(C(=O)Nc2c(F)cccc2F)n2c1CCCC2. The molecule has 26 heavy (non-hydrogen) atoms. The topological polar surface area (TPSA) is 76.0 Å². The first kappa shape index (κ1) is 18.0. The lowest BCUT2D eigenvalue weighted by Gasteiger charge is -2.17. The number of nitrogens with one attached hydrogen (secondary N) is 2. The van der Waals surface area contributed by atoms with Crippen LogP contribution in [-0.4, -0.2) is 27.9 Å². The number of para-hydroxylation sites is 1. The van der Waals surface area contributed by atoms with E-state index in [2.05, 4.69) is 15.6 Å². The zero-order chi connectivity index (χ0) is 18.7. The highest BCUT2D eigenvalue weighted by Crippen LogP contribution is 2.23. The highest BCUT2D eigenvalue weighted by atomic mass is 19.1. The fourth-order valence-electron chi connectivity index (χ4n) is 3.01. The molecule has 3 rings (SSSR count). The molecule has 0 atom stereocenters. The summed E-state index contributed by atoms with van der Waals surface area (Å²) in [7, 11) is 0. The van der Waals surface area contributed by atoms with Gasteiger partial charge in [0.1, 0.15) is 23.0 Å². The van der Waals surface area contributed by atoms with Gasteiger partial charge in [0.05, 0.1) is 5.69 Å². The van der Waals surface area contributed by atoms with E-state index >= 15 is 0 Å². The molecule has 2 amide bonds. The molecule has 0 unspecified atom stereocenters. The Kier molecular flexibility index (Phi) is 5.29. The van der Waals surface area contributed by atoms with Crippen molar-refractivity contribution < 1.29 is 18.4 Å². The van der Waals surface area contributed by atoms with Gasteiger partial charge < -0.3 is 15.2 Å². The van der Waals surface area contributed by atoms with Gasteiger partial charge in [-0.3, -0.25) is 9.59 Å². The van der Waals surface area contributed by atoms with Crippen LogP contribution in [0.1, 0.15) is 53.0 Å². The number of hydrogen-bond acceptors (Lipinski definition) is 3. The maximum Gasteiger partial charge on any atom is 0.291 e. The van der Waals surface area contributed by atoms with Crippen LogP contribution >= 0.6 is 0 Å². The van der Waals surface area contributed by atoms with Crippen LogP contribution in [0.3, 0.4) is 0 Å². The number of halogens is 2. The molecule has 0 aliphatic carbocycles. The van der Waals surface area contributed by atoms with E-state index in [1.807, 2.05) is 6.92 Å². The first-order valence-corrected chi connectivity index (χ1v) is 8.66. The summed E-state index contributed by atoms with van der Waals surface area (Å²) >= 11 is 0. The lowest BCUT2D eigenvalue weighted by Crippen LogP contribution is -2.26. The van der Waals surface area contributed by atoms with E-state index in [1.165, 1.54) is 6.07 Å². The molecule has 0 fully saturated rings. The summed E-state index contributed by atoms with van der Waals surface area (Å²) in [6.07, 6.45) is 3.14. The molecule has 1 aromatic heterocycles. The Morgan fingerprint density at radius 2 is 1.92 bits per heavy atom. The number of carbonyl (C=O) groups is 2. The first-order valence-electron chi connectivity index (χ1n) is 8.66. The van der Waals surface area contributed by atoms with Crippen LogP contribution < -0.4 is 10.6 Å². The molecule has 0 spiro atoms. The molecule has 0 saturated heterocycles. The summed E-state index contributed by atoms with van der Waals surface area (Å²) in [4.78, 5) is 29.1. The van der Waals surface area contributed by atoms with Crippen LogP contribution in [-0.2, 0) is 13.0 Å². The maximum absolute atomic E-state index is 13.8. The molecule has 1 aliphatic rings. The number of amides is 2. The minimum Gasteiger partial charge on any atom is -0.351 e. The van der Waals surface area contributed by atoms with Crippen molar-refractivity contribution in [2.24, 2.45) is 0 Å². The summed E-state index contributed by atoms with van der Waals surface area (Å²) in [5, 5.41) is 4.99. The van der Waals surface area contributed by atoms with Crippen LogP contribution in [0.15, 0.2) is 18.2 Å². The summed E-state index contributed by atoms with van der Waals surface area (Å²) in [6.45, 7) is 2.98. The minimum absolute atomic E-state index is 0.0102.